The lowest BCUT2D eigenvalue weighted by molar-refractivity contribution is -0.115. The molecule has 1 aliphatic heterocycles. The number of benzene rings is 2. The van der Waals surface area contributed by atoms with Crippen LogP contribution in [-0.2, 0) is 26.0 Å². The first-order valence-corrected chi connectivity index (χ1v) is 11.3. The van der Waals surface area contributed by atoms with E-state index < -0.39 is 10.0 Å². The number of carbonyl (C=O) groups is 1. The fourth-order valence-electron chi connectivity index (χ4n) is 3.18. The largest absolute Gasteiger partial charge is 0.373 e. The predicted molar refractivity (Wildman–Crippen MR) is 112 cm³/mol. The number of nitrogens with zero attached hydrogens (tertiary/aromatic N) is 1. The second kappa shape index (κ2) is 8.73. The van der Waals surface area contributed by atoms with E-state index in [2.05, 4.69) is 21.2 Å². The number of sulfonamides is 1. The van der Waals surface area contributed by atoms with Crippen LogP contribution in [0, 0.1) is 0 Å². The zero-order valence-corrected chi connectivity index (χ0v) is 18.2. The second-order valence-electron chi connectivity index (χ2n) is 6.96. The van der Waals surface area contributed by atoms with Crippen molar-refractivity contribution in [3.05, 3.63) is 58.6 Å². The van der Waals surface area contributed by atoms with Gasteiger partial charge in [-0.1, -0.05) is 28.1 Å². The number of morpholine rings is 1. The zero-order chi connectivity index (χ0) is 20.3. The Morgan fingerprint density at radius 1 is 1.07 bits per heavy atom. The van der Waals surface area contributed by atoms with E-state index in [0.29, 0.717) is 18.8 Å². The minimum Gasteiger partial charge on any atom is -0.373 e. The molecular weight excluding hydrogens is 444 g/mol. The van der Waals surface area contributed by atoms with Crippen LogP contribution in [0.4, 0.5) is 5.69 Å². The van der Waals surface area contributed by atoms with Gasteiger partial charge in [0.05, 0.1) is 23.5 Å². The number of hydrogen-bond acceptors (Lipinski definition) is 4. The summed E-state index contributed by atoms with van der Waals surface area (Å²) in [6, 6.07) is 13.8. The Bertz CT molecular complexity index is 920. The van der Waals surface area contributed by atoms with Crippen LogP contribution in [0.2, 0.25) is 0 Å². The molecule has 150 valence electrons. The van der Waals surface area contributed by atoms with Crippen LogP contribution in [0.15, 0.2) is 57.9 Å². The number of hydrogen-bond donors (Lipinski definition) is 1. The van der Waals surface area contributed by atoms with Crippen LogP contribution >= 0.6 is 15.9 Å². The van der Waals surface area contributed by atoms with Crippen molar-refractivity contribution in [3.63, 3.8) is 0 Å². The molecule has 2 aromatic rings. The molecule has 1 aliphatic rings. The smallest absolute Gasteiger partial charge is 0.243 e. The van der Waals surface area contributed by atoms with E-state index >= 15 is 0 Å². The van der Waals surface area contributed by atoms with Gasteiger partial charge in [0, 0.05) is 23.2 Å². The van der Waals surface area contributed by atoms with Crippen molar-refractivity contribution in [1.29, 1.82) is 0 Å². The highest BCUT2D eigenvalue weighted by Crippen LogP contribution is 2.22. The molecule has 1 saturated heterocycles. The third-order valence-corrected chi connectivity index (χ3v) is 6.81. The maximum absolute atomic E-state index is 12.9. The van der Waals surface area contributed by atoms with Gasteiger partial charge in [-0.3, -0.25) is 4.79 Å². The number of anilines is 1. The Labute approximate surface area is 174 Å². The molecule has 6 nitrogen and oxygen atoms in total. The average molecular weight is 467 g/mol. The zero-order valence-electron chi connectivity index (χ0n) is 15.8. The van der Waals surface area contributed by atoms with Crippen molar-refractivity contribution in [2.24, 2.45) is 0 Å². The SMILES string of the molecule is C[C@@H]1CN(S(=O)(=O)c2ccc(NC(=O)Cc3ccc(Br)cc3)cc2)C[C@H](C)O1. The van der Waals surface area contributed by atoms with Gasteiger partial charge in [0.25, 0.3) is 0 Å². The van der Waals surface area contributed by atoms with Crippen molar-refractivity contribution in [1.82, 2.24) is 4.31 Å². The van der Waals surface area contributed by atoms with E-state index in [1.807, 2.05) is 38.1 Å². The molecule has 1 N–H and O–H groups in total. The summed E-state index contributed by atoms with van der Waals surface area (Å²) in [4.78, 5) is 12.4. The molecule has 0 saturated carbocycles. The van der Waals surface area contributed by atoms with Crippen LogP contribution in [0.1, 0.15) is 19.4 Å². The van der Waals surface area contributed by atoms with Crippen molar-refractivity contribution < 1.29 is 17.9 Å². The predicted octanol–water partition coefficient (Wildman–Crippen LogP) is 3.43. The molecule has 2 aromatic carbocycles. The number of amides is 1. The fraction of sp³-hybridized carbons (Fsp3) is 0.350. The maximum Gasteiger partial charge on any atom is 0.243 e. The molecule has 0 spiro atoms. The van der Waals surface area contributed by atoms with Crippen LogP contribution < -0.4 is 5.32 Å². The van der Waals surface area contributed by atoms with Gasteiger partial charge in [-0.05, 0) is 55.8 Å². The fourth-order valence-corrected chi connectivity index (χ4v) is 5.03. The third kappa shape index (κ3) is 5.20. The van der Waals surface area contributed by atoms with Crippen LogP contribution in [0.5, 0.6) is 0 Å². The Morgan fingerprint density at radius 2 is 1.64 bits per heavy atom. The second-order valence-corrected chi connectivity index (χ2v) is 9.81. The van der Waals surface area contributed by atoms with Gasteiger partial charge in [0.15, 0.2) is 0 Å². The molecule has 3 rings (SSSR count). The number of carbonyl (C=O) groups excluding carboxylic acids is 1. The summed E-state index contributed by atoms with van der Waals surface area (Å²) >= 11 is 3.36. The lowest BCUT2D eigenvalue weighted by atomic mass is 10.1. The first-order valence-electron chi connectivity index (χ1n) is 9.04. The van der Waals surface area contributed by atoms with E-state index in [9.17, 15) is 13.2 Å². The highest BCUT2D eigenvalue weighted by molar-refractivity contribution is 9.10. The van der Waals surface area contributed by atoms with Crippen molar-refractivity contribution in [3.8, 4) is 0 Å². The maximum atomic E-state index is 12.9. The number of rotatable bonds is 5. The van der Waals surface area contributed by atoms with Gasteiger partial charge < -0.3 is 10.1 Å². The molecule has 0 radical (unpaired) electrons. The number of nitrogens with one attached hydrogen (secondary N) is 1. The molecule has 1 heterocycles. The lowest BCUT2D eigenvalue weighted by Gasteiger charge is -2.34. The summed E-state index contributed by atoms with van der Waals surface area (Å²) in [6.07, 6.45) is -0.0388. The molecular formula is C20H23BrN2O4S. The summed E-state index contributed by atoms with van der Waals surface area (Å²) in [6.45, 7) is 4.39. The van der Waals surface area contributed by atoms with Crippen LogP contribution in [0.3, 0.4) is 0 Å². The van der Waals surface area contributed by atoms with Gasteiger partial charge >= 0.3 is 0 Å². The number of halogens is 1. The molecule has 1 amide bonds. The molecule has 8 heteroatoms. The van der Waals surface area contributed by atoms with E-state index in [-0.39, 0.29) is 29.4 Å². The summed E-state index contributed by atoms with van der Waals surface area (Å²) in [5.41, 5.74) is 1.46. The van der Waals surface area contributed by atoms with E-state index in [0.717, 1.165) is 10.0 Å². The van der Waals surface area contributed by atoms with Crippen LogP contribution in [-0.4, -0.2) is 43.9 Å². The standard InChI is InChI=1S/C20H23BrN2O4S/c1-14-12-23(13-15(2)27-14)28(25,26)19-9-7-18(8-10-19)22-20(24)11-16-3-5-17(21)6-4-16/h3-10,14-15H,11-13H2,1-2H3,(H,22,24)/t14-,15+. The molecule has 0 bridgehead atoms. The highest BCUT2D eigenvalue weighted by Gasteiger charge is 2.32. The third-order valence-electron chi connectivity index (χ3n) is 4.44. The topological polar surface area (TPSA) is 75.7 Å². The van der Waals surface area contributed by atoms with Crippen molar-refractivity contribution >= 4 is 37.5 Å². The summed E-state index contributed by atoms with van der Waals surface area (Å²) < 4.78 is 33.7. The highest BCUT2D eigenvalue weighted by atomic mass is 79.9. The quantitative estimate of drug-likeness (QED) is 0.731. The Balaban J connectivity index is 1.65. The Hall–Kier alpha value is -1.74. The first kappa shape index (κ1) is 21.0. The van der Waals surface area contributed by atoms with Gasteiger partial charge in [-0.25, -0.2) is 8.42 Å². The summed E-state index contributed by atoms with van der Waals surface area (Å²) in [5, 5.41) is 2.80. The Kier molecular flexibility index (Phi) is 6.54. The summed E-state index contributed by atoms with van der Waals surface area (Å²) in [5.74, 6) is -0.159. The van der Waals surface area contributed by atoms with Crippen LogP contribution in [0.25, 0.3) is 0 Å². The van der Waals surface area contributed by atoms with Gasteiger partial charge in [0.1, 0.15) is 0 Å². The molecule has 28 heavy (non-hydrogen) atoms. The van der Waals surface area contributed by atoms with Crippen molar-refractivity contribution in [2.75, 3.05) is 18.4 Å². The van der Waals surface area contributed by atoms with Gasteiger partial charge in [0.2, 0.25) is 15.9 Å². The molecule has 0 unspecified atom stereocenters. The number of ether oxygens (including phenoxy) is 1. The van der Waals surface area contributed by atoms with E-state index in [1.165, 1.54) is 16.4 Å². The van der Waals surface area contributed by atoms with Crippen molar-refractivity contribution in [2.45, 2.75) is 37.4 Å². The molecule has 0 aromatic heterocycles. The van der Waals surface area contributed by atoms with E-state index in [4.69, 9.17) is 4.74 Å². The molecule has 2 atom stereocenters. The van der Waals surface area contributed by atoms with Gasteiger partial charge in [-0.15, -0.1) is 0 Å². The minimum absolute atomic E-state index is 0.143. The lowest BCUT2D eigenvalue weighted by Crippen LogP contribution is -2.48. The molecule has 0 aliphatic carbocycles. The first-order chi connectivity index (χ1) is 13.2. The minimum atomic E-state index is -3.59. The summed E-state index contributed by atoms with van der Waals surface area (Å²) in [7, 11) is -3.59. The normalized spacial score (nSPS) is 20.7. The average Bonchev–Trinajstić information content (AvgIpc) is 2.63. The monoisotopic (exact) mass is 466 g/mol. The Morgan fingerprint density at radius 3 is 2.21 bits per heavy atom. The van der Waals surface area contributed by atoms with Gasteiger partial charge in [-0.2, -0.15) is 4.31 Å². The van der Waals surface area contributed by atoms with E-state index in [1.54, 1.807) is 12.1 Å². The molecule has 1 fully saturated rings.